The molecule has 0 aromatic rings. The van der Waals surface area contributed by atoms with E-state index in [4.69, 9.17) is 11.5 Å². The molecule has 0 aliphatic carbocycles. The molecule has 1 aliphatic rings. The van der Waals surface area contributed by atoms with Gasteiger partial charge in [-0.1, -0.05) is 0 Å². The largest absolute Gasteiger partial charge is 0.369 e. The minimum Gasteiger partial charge on any atom is -0.369 e. The fraction of sp³-hybridized carbons (Fsp3) is 0.818. The summed E-state index contributed by atoms with van der Waals surface area (Å²) in [4.78, 5) is 17.6. The number of nitrogens with zero attached hydrogens (tertiary/aromatic N) is 2. The minimum absolute atomic E-state index is 0. The van der Waals surface area contributed by atoms with E-state index in [9.17, 15) is 13.2 Å². The Morgan fingerprint density at radius 1 is 1.38 bits per heavy atom. The van der Waals surface area contributed by atoms with Gasteiger partial charge >= 0.3 is 0 Å². The summed E-state index contributed by atoms with van der Waals surface area (Å²) in [7, 11) is -3.39. The first-order valence-electron chi connectivity index (χ1n) is 6.61. The summed E-state index contributed by atoms with van der Waals surface area (Å²) in [6.45, 7) is 1.90. The van der Waals surface area contributed by atoms with E-state index in [2.05, 4.69) is 9.71 Å². The van der Waals surface area contributed by atoms with Crippen molar-refractivity contribution in [2.75, 3.05) is 25.9 Å². The number of carbonyl (C=O) groups is 1. The maximum Gasteiger partial charge on any atom is 0.239 e. The molecule has 0 aromatic heterocycles. The molecular weight excluding hydrogens is 314 g/mol. The van der Waals surface area contributed by atoms with Crippen molar-refractivity contribution in [3.8, 4) is 0 Å². The average Bonchev–Trinajstić information content (AvgIpc) is 2.84. The molecule has 0 spiro atoms. The van der Waals surface area contributed by atoms with Gasteiger partial charge in [0.15, 0.2) is 0 Å². The normalized spacial score (nSPS) is 17.2. The fourth-order valence-electron chi connectivity index (χ4n) is 2.03. The minimum atomic E-state index is -3.39. The highest BCUT2D eigenvalue weighted by Crippen LogP contribution is 2.10. The molecule has 10 heteroatoms. The number of carbonyl (C=O) groups excluding carboxylic acids is 1. The molecule has 1 heterocycles. The maximum atomic E-state index is 11.9. The van der Waals surface area contributed by atoms with Crippen LogP contribution in [-0.4, -0.2) is 57.1 Å². The number of rotatable bonds is 6. The summed E-state index contributed by atoms with van der Waals surface area (Å²) < 4.78 is 23.8. The maximum absolute atomic E-state index is 11.9. The van der Waals surface area contributed by atoms with E-state index in [1.165, 1.54) is 0 Å². The summed E-state index contributed by atoms with van der Waals surface area (Å²) >= 11 is 0. The second kappa shape index (κ2) is 9.11. The third-order valence-corrected chi connectivity index (χ3v) is 3.56. The fourth-order valence-corrected chi connectivity index (χ4v) is 2.47. The number of nitrogens with two attached hydrogens (primary N) is 2. The zero-order valence-electron chi connectivity index (χ0n) is 12.2. The zero-order chi connectivity index (χ0) is 15.2. The van der Waals surface area contributed by atoms with Crippen LogP contribution in [0.2, 0.25) is 0 Å². The Balaban J connectivity index is 0.00000400. The molecule has 0 bridgehead atoms. The van der Waals surface area contributed by atoms with Gasteiger partial charge in [-0.3, -0.25) is 14.5 Å². The molecular formula is C11H25N5O3S2. The lowest BCUT2D eigenvalue weighted by molar-refractivity contribution is -0.131. The second-order valence-electron chi connectivity index (χ2n) is 4.92. The second-order valence-corrected chi connectivity index (χ2v) is 6.67. The third kappa shape index (κ3) is 8.12. The Bertz CT molecular complexity index is 460. The molecule has 1 amide bonds. The van der Waals surface area contributed by atoms with Crippen LogP contribution in [0.4, 0.5) is 0 Å². The Morgan fingerprint density at radius 3 is 2.48 bits per heavy atom. The lowest BCUT2D eigenvalue weighted by atomic mass is 10.1. The van der Waals surface area contributed by atoms with Gasteiger partial charge in [-0.2, -0.15) is 13.5 Å². The van der Waals surface area contributed by atoms with Gasteiger partial charge in [0, 0.05) is 19.6 Å². The van der Waals surface area contributed by atoms with Gasteiger partial charge in [-0.05, 0) is 25.7 Å². The SMILES string of the molecule is CS(=O)(=O)NC(N)=NCCC[C@H](N)C(=O)N1CCCC1.S. The van der Waals surface area contributed by atoms with Gasteiger partial charge in [0.05, 0.1) is 12.3 Å². The van der Waals surface area contributed by atoms with Crippen LogP contribution >= 0.6 is 13.5 Å². The van der Waals surface area contributed by atoms with Crippen LogP contribution < -0.4 is 16.2 Å². The number of likely N-dealkylation sites (tertiary alicyclic amines) is 1. The van der Waals surface area contributed by atoms with Gasteiger partial charge < -0.3 is 16.4 Å². The van der Waals surface area contributed by atoms with Gasteiger partial charge in [-0.25, -0.2) is 8.42 Å². The van der Waals surface area contributed by atoms with E-state index in [-0.39, 0.29) is 25.4 Å². The van der Waals surface area contributed by atoms with Crippen molar-refractivity contribution < 1.29 is 13.2 Å². The summed E-state index contributed by atoms with van der Waals surface area (Å²) in [5.74, 6) is -0.166. The summed E-state index contributed by atoms with van der Waals surface area (Å²) in [5, 5.41) is 0. The first kappa shape index (κ1) is 20.0. The highest BCUT2D eigenvalue weighted by Gasteiger charge is 2.22. The zero-order valence-corrected chi connectivity index (χ0v) is 14.0. The number of sulfonamides is 1. The highest BCUT2D eigenvalue weighted by molar-refractivity contribution is 7.89. The van der Waals surface area contributed by atoms with Crippen molar-refractivity contribution in [1.82, 2.24) is 9.62 Å². The molecule has 124 valence electrons. The Labute approximate surface area is 132 Å². The molecule has 8 nitrogen and oxygen atoms in total. The smallest absolute Gasteiger partial charge is 0.239 e. The number of aliphatic imine (C=N–C) groups is 1. The number of guanidine groups is 1. The van der Waals surface area contributed by atoms with Crippen molar-refractivity contribution in [3.63, 3.8) is 0 Å². The number of hydrogen-bond acceptors (Lipinski definition) is 5. The van der Waals surface area contributed by atoms with Gasteiger partial charge in [0.1, 0.15) is 0 Å². The monoisotopic (exact) mass is 339 g/mol. The molecule has 1 rings (SSSR count). The number of nitrogens with one attached hydrogen (secondary N) is 1. The topological polar surface area (TPSA) is 131 Å². The molecule has 0 saturated carbocycles. The predicted molar refractivity (Wildman–Crippen MR) is 87.9 cm³/mol. The van der Waals surface area contributed by atoms with E-state index in [1.807, 2.05) is 0 Å². The van der Waals surface area contributed by atoms with E-state index in [0.717, 1.165) is 32.2 Å². The van der Waals surface area contributed by atoms with E-state index >= 15 is 0 Å². The molecule has 1 fully saturated rings. The Kier molecular flexibility index (Phi) is 8.67. The van der Waals surface area contributed by atoms with Crippen LogP contribution in [0.1, 0.15) is 25.7 Å². The van der Waals surface area contributed by atoms with E-state index in [0.29, 0.717) is 19.4 Å². The first-order valence-corrected chi connectivity index (χ1v) is 8.51. The van der Waals surface area contributed by atoms with Crippen LogP contribution in [0.3, 0.4) is 0 Å². The van der Waals surface area contributed by atoms with Crippen LogP contribution in [-0.2, 0) is 14.8 Å². The van der Waals surface area contributed by atoms with Crippen LogP contribution in [0, 0.1) is 0 Å². The van der Waals surface area contributed by atoms with Gasteiger partial charge in [-0.15, -0.1) is 0 Å². The molecule has 0 unspecified atom stereocenters. The standard InChI is InChI=1S/C11H23N5O3S.H2S/c1-20(18,19)15-11(13)14-6-4-5-9(12)10(17)16-7-2-3-8-16;/h9H,2-8,12H2,1H3,(H3,13,14,15);1H2/t9-;/m0./s1. The highest BCUT2D eigenvalue weighted by atomic mass is 32.2. The summed E-state index contributed by atoms with van der Waals surface area (Å²) in [6.07, 6.45) is 4.16. The third-order valence-electron chi connectivity index (χ3n) is 2.98. The van der Waals surface area contributed by atoms with E-state index in [1.54, 1.807) is 4.90 Å². The lowest BCUT2D eigenvalue weighted by Gasteiger charge is -2.19. The lowest BCUT2D eigenvalue weighted by Crippen LogP contribution is -2.42. The van der Waals surface area contributed by atoms with Crippen molar-refractivity contribution in [1.29, 1.82) is 0 Å². The molecule has 5 N–H and O–H groups in total. The predicted octanol–water partition coefficient (Wildman–Crippen LogP) is -1.31. The van der Waals surface area contributed by atoms with Crippen LogP contribution in [0.25, 0.3) is 0 Å². The van der Waals surface area contributed by atoms with Crippen LogP contribution in [0.5, 0.6) is 0 Å². The summed E-state index contributed by atoms with van der Waals surface area (Å²) in [6, 6.07) is -0.521. The van der Waals surface area contributed by atoms with Gasteiger partial charge in [0.2, 0.25) is 21.9 Å². The Hall–Kier alpha value is -1.00. The molecule has 1 saturated heterocycles. The molecule has 1 aliphatic heterocycles. The average molecular weight is 339 g/mol. The first-order chi connectivity index (χ1) is 9.29. The summed E-state index contributed by atoms with van der Waals surface area (Å²) in [5.41, 5.74) is 11.2. The van der Waals surface area contributed by atoms with Crippen LogP contribution in [0.15, 0.2) is 4.99 Å². The van der Waals surface area contributed by atoms with Crippen molar-refractivity contribution in [2.45, 2.75) is 31.7 Å². The van der Waals surface area contributed by atoms with Crippen molar-refractivity contribution in [3.05, 3.63) is 0 Å². The number of amides is 1. The van der Waals surface area contributed by atoms with E-state index < -0.39 is 16.1 Å². The molecule has 0 aromatic carbocycles. The van der Waals surface area contributed by atoms with Gasteiger partial charge in [0.25, 0.3) is 0 Å². The number of hydrogen-bond donors (Lipinski definition) is 3. The molecule has 21 heavy (non-hydrogen) atoms. The van der Waals surface area contributed by atoms with Crippen molar-refractivity contribution >= 4 is 35.4 Å². The Morgan fingerprint density at radius 2 is 1.95 bits per heavy atom. The van der Waals surface area contributed by atoms with Crippen molar-refractivity contribution in [2.24, 2.45) is 16.5 Å². The molecule has 1 atom stereocenters. The quantitative estimate of drug-likeness (QED) is 0.314. The molecule has 0 radical (unpaired) electrons.